The van der Waals surface area contributed by atoms with Crippen LogP contribution in [0.3, 0.4) is 0 Å². The van der Waals surface area contributed by atoms with E-state index in [1.54, 1.807) is 6.33 Å². The lowest BCUT2D eigenvalue weighted by molar-refractivity contribution is 0.0437. The van der Waals surface area contributed by atoms with E-state index in [2.05, 4.69) is 17.0 Å². The van der Waals surface area contributed by atoms with Gasteiger partial charge in [0.25, 0.3) is 0 Å². The Labute approximate surface area is 112 Å². The number of ether oxygens (including phenoxy) is 1. The number of hydrogen-bond acceptors (Lipinski definition) is 4. The van der Waals surface area contributed by atoms with Crippen LogP contribution in [0.5, 0.6) is 0 Å². The van der Waals surface area contributed by atoms with Crippen molar-refractivity contribution in [2.75, 3.05) is 5.73 Å². The lowest BCUT2D eigenvalue weighted by Gasteiger charge is -2.10. The van der Waals surface area contributed by atoms with Gasteiger partial charge in [-0.25, -0.2) is 9.67 Å². The van der Waals surface area contributed by atoms with E-state index in [4.69, 9.17) is 10.5 Å². The standard InChI is InChI=1S/C14H18N4O/c1-10-2-7-13(19-10)8-18-9-16-14(17-18)11-3-5-12(15)6-4-11/h3-6,9-10,13H,2,7-8,15H2,1H3. The van der Waals surface area contributed by atoms with Gasteiger partial charge >= 0.3 is 0 Å². The molecular formula is C14H18N4O. The number of nitrogen functional groups attached to an aromatic ring is 1. The summed E-state index contributed by atoms with van der Waals surface area (Å²) in [6.45, 7) is 2.88. The number of nitrogens with zero attached hydrogens (tertiary/aromatic N) is 3. The van der Waals surface area contributed by atoms with Crippen molar-refractivity contribution in [3.05, 3.63) is 30.6 Å². The van der Waals surface area contributed by atoms with Gasteiger partial charge in [-0.2, -0.15) is 5.10 Å². The van der Waals surface area contributed by atoms with Crippen molar-refractivity contribution in [2.24, 2.45) is 0 Å². The lowest BCUT2D eigenvalue weighted by atomic mass is 10.2. The Hall–Kier alpha value is -1.88. The third-order valence-corrected chi connectivity index (χ3v) is 3.42. The fourth-order valence-corrected chi connectivity index (χ4v) is 2.38. The first kappa shape index (κ1) is 12.2. The molecule has 0 saturated carbocycles. The molecule has 100 valence electrons. The first-order chi connectivity index (χ1) is 9.20. The molecule has 5 heteroatoms. The highest BCUT2D eigenvalue weighted by Gasteiger charge is 2.22. The van der Waals surface area contributed by atoms with Crippen molar-refractivity contribution in [1.82, 2.24) is 14.8 Å². The van der Waals surface area contributed by atoms with E-state index in [9.17, 15) is 0 Å². The molecule has 1 saturated heterocycles. The zero-order valence-corrected chi connectivity index (χ0v) is 11.0. The monoisotopic (exact) mass is 258 g/mol. The van der Waals surface area contributed by atoms with Crippen LogP contribution in [0.1, 0.15) is 19.8 Å². The van der Waals surface area contributed by atoms with Gasteiger partial charge in [-0.15, -0.1) is 0 Å². The van der Waals surface area contributed by atoms with Crippen LogP contribution < -0.4 is 5.73 Å². The number of benzene rings is 1. The van der Waals surface area contributed by atoms with Crippen molar-refractivity contribution in [3.63, 3.8) is 0 Å². The summed E-state index contributed by atoms with van der Waals surface area (Å²) in [6.07, 6.45) is 4.61. The molecule has 1 aromatic carbocycles. The molecular weight excluding hydrogens is 240 g/mol. The van der Waals surface area contributed by atoms with Gasteiger partial charge in [-0.3, -0.25) is 0 Å². The zero-order valence-electron chi connectivity index (χ0n) is 11.0. The molecule has 1 aliphatic heterocycles. The highest BCUT2D eigenvalue weighted by Crippen LogP contribution is 2.21. The second-order valence-corrected chi connectivity index (χ2v) is 5.06. The molecule has 2 heterocycles. The summed E-state index contributed by atoms with van der Waals surface area (Å²) >= 11 is 0. The minimum Gasteiger partial charge on any atom is -0.399 e. The molecule has 5 nitrogen and oxygen atoms in total. The number of anilines is 1. The highest BCUT2D eigenvalue weighted by atomic mass is 16.5. The van der Waals surface area contributed by atoms with Crippen molar-refractivity contribution < 1.29 is 4.74 Å². The van der Waals surface area contributed by atoms with Gasteiger partial charge in [0.05, 0.1) is 18.8 Å². The maximum Gasteiger partial charge on any atom is 0.181 e. The minimum atomic E-state index is 0.260. The number of hydrogen-bond donors (Lipinski definition) is 1. The Kier molecular flexibility index (Phi) is 3.21. The van der Waals surface area contributed by atoms with E-state index in [0.717, 1.165) is 36.5 Å². The summed E-state index contributed by atoms with van der Waals surface area (Å²) in [7, 11) is 0. The second-order valence-electron chi connectivity index (χ2n) is 5.06. The molecule has 2 aromatic rings. The Balaban J connectivity index is 1.71. The number of rotatable bonds is 3. The largest absolute Gasteiger partial charge is 0.399 e. The molecule has 0 bridgehead atoms. The van der Waals surface area contributed by atoms with Gasteiger partial charge < -0.3 is 10.5 Å². The summed E-state index contributed by atoms with van der Waals surface area (Å²) in [6, 6.07) is 7.59. The van der Waals surface area contributed by atoms with E-state index in [0.29, 0.717) is 6.10 Å². The normalized spacial score (nSPS) is 22.8. The summed E-state index contributed by atoms with van der Waals surface area (Å²) in [5.41, 5.74) is 7.40. The van der Waals surface area contributed by atoms with Gasteiger partial charge in [0, 0.05) is 11.3 Å². The first-order valence-electron chi connectivity index (χ1n) is 6.61. The van der Waals surface area contributed by atoms with Gasteiger partial charge in [0.15, 0.2) is 5.82 Å². The Morgan fingerprint density at radius 1 is 1.32 bits per heavy atom. The average Bonchev–Trinajstić information content (AvgIpc) is 3.00. The van der Waals surface area contributed by atoms with E-state index in [-0.39, 0.29) is 6.10 Å². The molecule has 2 unspecified atom stereocenters. The maximum atomic E-state index is 5.79. The SMILES string of the molecule is CC1CCC(Cn2cnc(-c3ccc(N)cc3)n2)O1. The average molecular weight is 258 g/mol. The maximum absolute atomic E-state index is 5.79. The van der Waals surface area contributed by atoms with Crippen molar-refractivity contribution >= 4 is 5.69 Å². The van der Waals surface area contributed by atoms with Crippen molar-refractivity contribution in [1.29, 1.82) is 0 Å². The molecule has 0 amide bonds. The third kappa shape index (κ3) is 2.76. The molecule has 1 fully saturated rings. The van der Waals surface area contributed by atoms with Crippen LogP contribution in [0.15, 0.2) is 30.6 Å². The smallest absolute Gasteiger partial charge is 0.181 e. The minimum absolute atomic E-state index is 0.260. The van der Waals surface area contributed by atoms with Crippen LogP contribution in [0, 0.1) is 0 Å². The van der Waals surface area contributed by atoms with Gasteiger partial charge in [-0.05, 0) is 44.0 Å². The molecule has 2 N–H and O–H groups in total. The first-order valence-corrected chi connectivity index (χ1v) is 6.61. The fourth-order valence-electron chi connectivity index (χ4n) is 2.38. The number of nitrogens with two attached hydrogens (primary N) is 1. The summed E-state index contributed by atoms with van der Waals surface area (Å²) in [4.78, 5) is 4.33. The van der Waals surface area contributed by atoms with E-state index in [1.807, 2.05) is 28.9 Å². The molecule has 0 aliphatic carbocycles. The van der Waals surface area contributed by atoms with E-state index < -0.39 is 0 Å². The van der Waals surface area contributed by atoms with E-state index in [1.165, 1.54) is 0 Å². The third-order valence-electron chi connectivity index (χ3n) is 3.42. The van der Waals surface area contributed by atoms with E-state index >= 15 is 0 Å². The molecule has 1 aromatic heterocycles. The summed E-state index contributed by atoms with van der Waals surface area (Å²) < 4.78 is 7.65. The predicted molar refractivity (Wildman–Crippen MR) is 73.4 cm³/mol. The summed E-state index contributed by atoms with van der Waals surface area (Å²) in [5, 5.41) is 4.48. The predicted octanol–water partition coefficient (Wildman–Crippen LogP) is 2.09. The van der Waals surface area contributed by atoms with Crippen molar-refractivity contribution in [2.45, 2.75) is 38.5 Å². The van der Waals surface area contributed by atoms with Crippen LogP contribution in [0.4, 0.5) is 5.69 Å². The quantitative estimate of drug-likeness (QED) is 0.856. The molecule has 0 radical (unpaired) electrons. The van der Waals surface area contributed by atoms with Gasteiger partial charge in [0.1, 0.15) is 6.33 Å². The number of aromatic nitrogens is 3. The van der Waals surface area contributed by atoms with Gasteiger partial charge in [-0.1, -0.05) is 0 Å². The Morgan fingerprint density at radius 2 is 2.11 bits per heavy atom. The van der Waals surface area contributed by atoms with Gasteiger partial charge in [0.2, 0.25) is 0 Å². The van der Waals surface area contributed by atoms with Crippen LogP contribution >= 0.6 is 0 Å². The van der Waals surface area contributed by atoms with Crippen LogP contribution in [-0.2, 0) is 11.3 Å². The molecule has 19 heavy (non-hydrogen) atoms. The summed E-state index contributed by atoms with van der Waals surface area (Å²) in [5.74, 6) is 0.728. The molecule has 2 atom stereocenters. The fraction of sp³-hybridized carbons (Fsp3) is 0.429. The van der Waals surface area contributed by atoms with Crippen LogP contribution in [0.25, 0.3) is 11.4 Å². The highest BCUT2D eigenvalue weighted by molar-refractivity contribution is 5.57. The van der Waals surface area contributed by atoms with Crippen molar-refractivity contribution in [3.8, 4) is 11.4 Å². The van der Waals surface area contributed by atoms with Crippen LogP contribution in [-0.4, -0.2) is 27.0 Å². The second kappa shape index (κ2) is 5.01. The lowest BCUT2D eigenvalue weighted by Crippen LogP contribution is -2.16. The topological polar surface area (TPSA) is 66.0 Å². The van der Waals surface area contributed by atoms with Crippen LogP contribution in [0.2, 0.25) is 0 Å². The molecule has 0 spiro atoms. The Bertz CT molecular complexity index is 549. The zero-order chi connectivity index (χ0) is 13.2. The Morgan fingerprint density at radius 3 is 2.79 bits per heavy atom. The molecule has 1 aliphatic rings. The molecule has 3 rings (SSSR count).